The van der Waals surface area contributed by atoms with E-state index in [4.69, 9.17) is 0 Å². The predicted octanol–water partition coefficient (Wildman–Crippen LogP) is 5.29. The van der Waals surface area contributed by atoms with Crippen molar-refractivity contribution in [3.05, 3.63) is 80.9 Å². The Labute approximate surface area is 185 Å². The minimum atomic E-state index is -0.324. The Morgan fingerprint density at radius 2 is 1.52 bits per heavy atom. The summed E-state index contributed by atoms with van der Waals surface area (Å²) < 4.78 is 0. The molecule has 0 atom stereocenters. The van der Waals surface area contributed by atoms with Gasteiger partial charge in [0.15, 0.2) is 0 Å². The second-order valence-electron chi connectivity index (χ2n) is 7.06. The van der Waals surface area contributed by atoms with E-state index in [1.807, 2.05) is 64.1 Å². The molecule has 1 saturated heterocycles. The number of hydrogen-bond acceptors (Lipinski definition) is 4. The summed E-state index contributed by atoms with van der Waals surface area (Å²) in [6, 6.07) is 14.4. The summed E-state index contributed by atoms with van der Waals surface area (Å²) in [5.41, 5.74) is 4.41. The highest BCUT2D eigenvalue weighted by Gasteiger charge is 2.22. The number of amides is 1. The predicted molar refractivity (Wildman–Crippen MR) is 126 cm³/mol. The van der Waals surface area contributed by atoms with Gasteiger partial charge in [-0.25, -0.2) is 0 Å². The molecule has 0 unspecified atom stereocenters. The number of piperidine rings is 1. The SMILES string of the molecule is CC.CCN(CC)C(=O)c1ccc(C(=C2CCNCC2)c2ccccc2[N+](=O)[O-])cc1. The topological polar surface area (TPSA) is 75.5 Å². The molecule has 1 heterocycles. The van der Waals surface area contributed by atoms with Crippen LogP contribution in [0, 0.1) is 10.1 Å². The molecule has 2 aromatic carbocycles. The number of rotatable bonds is 6. The van der Waals surface area contributed by atoms with E-state index in [1.165, 1.54) is 5.57 Å². The van der Waals surface area contributed by atoms with Crippen molar-refractivity contribution < 1.29 is 9.72 Å². The number of nitro benzene ring substituents is 1. The van der Waals surface area contributed by atoms with Crippen LogP contribution >= 0.6 is 0 Å². The Hall–Kier alpha value is -2.99. The second-order valence-corrected chi connectivity index (χ2v) is 7.06. The van der Waals surface area contributed by atoms with Crippen molar-refractivity contribution in [2.45, 2.75) is 40.5 Å². The fourth-order valence-corrected chi connectivity index (χ4v) is 3.85. The number of nitrogens with zero attached hydrogens (tertiary/aromatic N) is 2. The number of hydrogen-bond donors (Lipinski definition) is 1. The fraction of sp³-hybridized carbons (Fsp3) is 0.400. The first-order chi connectivity index (χ1) is 15.1. The molecule has 0 aliphatic carbocycles. The number of nitro groups is 1. The van der Waals surface area contributed by atoms with Crippen molar-refractivity contribution in [1.82, 2.24) is 10.2 Å². The summed E-state index contributed by atoms with van der Waals surface area (Å²) in [5.74, 6) is 0.00307. The molecule has 0 saturated carbocycles. The van der Waals surface area contributed by atoms with Gasteiger partial charge in [-0.15, -0.1) is 0 Å². The molecule has 166 valence electrons. The largest absolute Gasteiger partial charge is 0.339 e. The molecule has 31 heavy (non-hydrogen) atoms. The van der Waals surface area contributed by atoms with Gasteiger partial charge in [-0.2, -0.15) is 0 Å². The van der Waals surface area contributed by atoms with Crippen LogP contribution in [0.15, 0.2) is 54.1 Å². The van der Waals surface area contributed by atoms with Gasteiger partial charge in [0.2, 0.25) is 0 Å². The van der Waals surface area contributed by atoms with Gasteiger partial charge in [0.1, 0.15) is 0 Å². The Morgan fingerprint density at radius 1 is 0.968 bits per heavy atom. The lowest BCUT2D eigenvalue weighted by atomic mass is 9.87. The van der Waals surface area contributed by atoms with E-state index < -0.39 is 0 Å². The molecule has 1 aliphatic heterocycles. The Bertz CT molecular complexity index is 908. The maximum absolute atomic E-state index is 12.6. The van der Waals surface area contributed by atoms with Crippen LogP contribution in [0.25, 0.3) is 5.57 Å². The van der Waals surface area contributed by atoms with Crippen LogP contribution in [-0.4, -0.2) is 41.9 Å². The zero-order chi connectivity index (χ0) is 22.8. The van der Waals surface area contributed by atoms with E-state index in [0.29, 0.717) is 24.2 Å². The van der Waals surface area contributed by atoms with E-state index in [1.54, 1.807) is 17.0 Å². The number of carbonyl (C=O) groups is 1. The van der Waals surface area contributed by atoms with E-state index >= 15 is 0 Å². The monoisotopic (exact) mass is 423 g/mol. The van der Waals surface area contributed by atoms with Crippen molar-refractivity contribution in [2.24, 2.45) is 0 Å². The number of nitrogens with one attached hydrogen (secondary N) is 1. The summed E-state index contributed by atoms with van der Waals surface area (Å²) in [6.07, 6.45) is 1.70. The summed E-state index contributed by atoms with van der Waals surface area (Å²) in [7, 11) is 0. The maximum atomic E-state index is 12.6. The van der Waals surface area contributed by atoms with Crippen LogP contribution < -0.4 is 5.32 Å². The van der Waals surface area contributed by atoms with Crippen LogP contribution in [0.1, 0.15) is 62.0 Å². The summed E-state index contributed by atoms with van der Waals surface area (Å²) in [6.45, 7) is 11.0. The first-order valence-corrected chi connectivity index (χ1v) is 11.1. The second kappa shape index (κ2) is 12.0. The van der Waals surface area contributed by atoms with Gasteiger partial charge in [-0.3, -0.25) is 14.9 Å². The number of benzene rings is 2. The lowest BCUT2D eigenvalue weighted by molar-refractivity contribution is -0.385. The van der Waals surface area contributed by atoms with E-state index in [9.17, 15) is 14.9 Å². The first kappa shape index (κ1) is 24.3. The molecule has 0 aromatic heterocycles. The standard InChI is InChI=1S/C23H27N3O3.C2H6/c1-3-25(4-2)23(27)19-11-9-17(10-12-19)22(18-13-15-24-16-14-18)20-7-5-6-8-21(20)26(28)29;1-2/h5-12,24H,3-4,13-16H2,1-2H3;1-2H3. The third-order valence-electron chi connectivity index (χ3n) is 5.40. The zero-order valence-electron chi connectivity index (χ0n) is 19.0. The van der Waals surface area contributed by atoms with Crippen LogP contribution in [0.4, 0.5) is 5.69 Å². The van der Waals surface area contributed by atoms with Crippen molar-refractivity contribution in [3.63, 3.8) is 0 Å². The molecular formula is C25H33N3O3. The molecule has 2 aromatic rings. The van der Waals surface area contributed by atoms with Gasteiger partial charge in [0.25, 0.3) is 11.6 Å². The minimum Gasteiger partial charge on any atom is -0.339 e. The normalized spacial score (nSPS) is 13.1. The third kappa shape index (κ3) is 5.79. The molecule has 1 fully saturated rings. The van der Waals surface area contributed by atoms with Crippen LogP contribution in [0.3, 0.4) is 0 Å². The average Bonchev–Trinajstić information content (AvgIpc) is 2.82. The highest BCUT2D eigenvalue weighted by molar-refractivity contribution is 5.95. The van der Waals surface area contributed by atoms with Crippen molar-refractivity contribution in [2.75, 3.05) is 26.2 Å². The van der Waals surface area contributed by atoms with Crippen LogP contribution in [0.2, 0.25) is 0 Å². The molecule has 0 spiro atoms. The maximum Gasteiger partial charge on any atom is 0.277 e. The van der Waals surface area contributed by atoms with E-state index in [2.05, 4.69) is 5.32 Å². The molecule has 1 amide bonds. The fourth-order valence-electron chi connectivity index (χ4n) is 3.85. The first-order valence-electron chi connectivity index (χ1n) is 11.1. The van der Waals surface area contributed by atoms with Gasteiger partial charge in [0, 0.05) is 24.7 Å². The van der Waals surface area contributed by atoms with E-state index in [-0.39, 0.29) is 16.5 Å². The quantitative estimate of drug-likeness (QED) is 0.506. The molecule has 3 rings (SSSR count). The molecule has 6 heteroatoms. The van der Waals surface area contributed by atoms with Crippen LogP contribution in [0.5, 0.6) is 0 Å². The average molecular weight is 424 g/mol. The lowest BCUT2D eigenvalue weighted by Gasteiger charge is -2.22. The zero-order valence-corrected chi connectivity index (χ0v) is 19.0. The van der Waals surface area contributed by atoms with Gasteiger partial charge in [-0.1, -0.05) is 43.7 Å². The Morgan fingerprint density at radius 3 is 2.06 bits per heavy atom. The number of carbonyl (C=O) groups excluding carboxylic acids is 1. The Kier molecular flexibility index (Phi) is 9.40. The van der Waals surface area contributed by atoms with E-state index in [0.717, 1.165) is 37.1 Å². The molecular weight excluding hydrogens is 390 g/mol. The molecule has 6 nitrogen and oxygen atoms in total. The molecule has 1 aliphatic rings. The highest BCUT2D eigenvalue weighted by atomic mass is 16.6. The van der Waals surface area contributed by atoms with Crippen LogP contribution in [-0.2, 0) is 0 Å². The van der Waals surface area contributed by atoms with Crippen molar-refractivity contribution in [3.8, 4) is 0 Å². The molecule has 1 N–H and O–H groups in total. The third-order valence-corrected chi connectivity index (χ3v) is 5.40. The molecule has 0 bridgehead atoms. The summed E-state index contributed by atoms with van der Waals surface area (Å²) in [5, 5.41) is 15.0. The lowest BCUT2D eigenvalue weighted by Crippen LogP contribution is -2.30. The smallest absolute Gasteiger partial charge is 0.277 e. The summed E-state index contributed by atoms with van der Waals surface area (Å²) in [4.78, 5) is 25.7. The number of para-hydroxylation sites is 1. The van der Waals surface area contributed by atoms with Gasteiger partial charge >= 0.3 is 0 Å². The molecule has 0 radical (unpaired) electrons. The van der Waals surface area contributed by atoms with Gasteiger partial charge in [-0.05, 0) is 69.1 Å². The highest BCUT2D eigenvalue weighted by Crippen LogP contribution is 2.36. The van der Waals surface area contributed by atoms with Gasteiger partial charge in [0.05, 0.1) is 10.5 Å². The van der Waals surface area contributed by atoms with Crippen molar-refractivity contribution >= 4 is 17.2 Å². The Balaban J connectivity index is 0.00000166. The van der Waals surface area contributed by atoms with Gasteiger partial charge < -0.3 is 10.2 Å². The minimum absolute atomic E-state index is 0.00307. The summed E-state index contributed by atoms with van der Waals surface area (Å²) >= 11 is 0. The van der Waals surface area contributed by atoms with Crippen molar-refractivity contribution in [1.29, 1.82) is 0 Å².